The first-order valence-electron chi connectivity index (χ1n) is 7.95. The largest absolute Gasteiger partial charge is 0.462 e. The number of ether oxygens (including phenoxy) is 2. The number of carbonyl (C=O) groups excluding carboxylic acids is 2. The van der Waals surface area contributed by atoms with E-state index in [4.69, 9.17) is 9.47 Å². The highest BCUT2D eigenvalue weighted by Gasteiger charge is 2.20. The molecule has 5 nitrogen and oxygen atoms in total. The maximum absolute atomic E-state index is 12.4. The van der Waals surface area contributed by atoms with Crippen molar-refractivity contribution in [2.75, 3.05) is 6.61 Å². The zero-order valence-electron chi connectivity index (χ0n) is 14.8. The summed E-state index contributed by atoms with van der Waals surface area (Å²) in [5, 5.41) is 0.868. The first kappa shape index (κ1) is 17.8. The number of aromatic nitrogens is 1. The fraction of sp³-hybridized carbons (Fsp3) is 0.368. The molecule has 0 fully saturated rings. The van der Waals surface area contributed by atoms with Gasteiger partial charge in [-0.05, 0) is 58.4 Å². The van der Waals surface area contributed by atoms with Crippen molar-refractivity contribution in [2.24, 2.45) is 0 Å². The van der Waals surface area contributed by atoms with Crippen LogP contribution in [-0.2, 0) is 9.47 Å². The van der Waals surface area contributed by atoms with Crippen LogP contribution < -0.4 is 0 Å². The van der Waals surface area contributed by atoms with Crippen LogP contribution in [0.25, 0.3) is 17.0 Å². The summed E-state index contributed by atoms with van der Waals surface area (Å²) in [6, 6.07) is 5.26. The maximum atomic E-state index is 12.4. The number of hydrogen-bond donors (Lipinski definition) is 0. The molecule has 2 rings (SSSR count). The molecule has 0 N–H and O–H groups in total. The van der Waals surface area contributed by atoms with Crippen molar-refractivity contribution < 1.29 is 19.1 Å². The molecule has 0 saturated carbocycles. The number of allylic oxidation sites excluding steroid dienone is 1. The number of benzene rings is 1. The van der Waals surface area contributed by atoms with Gasteiger partial charge in [0, 0.05) is 11.6 Å². The third-order valence-electron chi connectivity index (χ3n) is 3.29. The Hall–Kier alpha value is -2.56. The molecule has 0 aliphatic rings. The van der Waals surface area contributed by atoms with Gasteiger partial charge in [0.1, 0.15) is 5.60 Å². The van der Waals surface area contributed by atoms with Gasteiger partial charge in [0.25, 0.3) is 0 Å². The van der Waals surface area contributed by atoms with E-state index >= 15 is 0 Å². The van der Waals surface area contributed by atoms with Gasteiger partial charge in [0.2, 0.25) is 0 Å². The van der Waals surface area contributed by atoms with Gasteiger partial charge < -0.3 is 9.47 Å². The average molecular weight is 329 g/mol. The molecule has 0 saturated heterocycles. The highest BCUT2D eigenvalue weighted by Crippen LogP contribution is 2.25. The van der Waals surface area contributed by atoms with E-state index in [2.05, 4.69) is 0 Å². The minimum absolute atomic E-state index is 0.295. The summed E-state index contributed by atoms with van der Waals surface area (Å²) in [6.45, 7) is 9.38. The van der Waals surface area contributed by atoms with E-state index in [0.29, 0.717) is 17.7 Å². The molecule has 0 aliphatic carbocycles. The highest BCUT2D eigenvalue weighted by molar-refractivity contribution is 6.01. The van der Waals surface area contributed by atoms with E-state index in [9.17, 15) is 9.59 Å². The summed E-state index contributed by atoms with van der Waals surface area (Å²) >= 11 is 0. The zero-order chi connectivity index (χ0) is 17.9. The lowest BCUT2D eigenvalue weighted by Gasteiger charge is -2.20. The molecule has 1 aromatic heterocycles. The number of hydrogen-bond acceptors (Lipinski definition) is 4. The van der Waals surface area contributed by atoms with Crippen LogP contribution in [0.4, 0.5) is 4.79 Å². The molecule has 0 unspecified atom stereocenters. The number of rotatable bonds is 3. The van der Waals surface area contributed by atoms with E-state index in [0.717, 1.165) is 10.9 Å². The van der Waals surface area contributed by atoms with Crippen LogP contribution in [-0.4, -0.2) is 28.8 Å². The van der Waals surface area contributed by atoms with Crippen LogP contribution in [0.2, 0.25) is 0 Å². The Labute approximate surface area is 141 Å². The normalized spacial score (nSPS) is 11.9. The lowest BCUT2D eigenvalue weighted by atomic mass is 10.1. The van der Waals surface area contributed by atoms with Gasteiger partial charge in [-0.1, -0.05) is 12.2 Å². The first-order chi connectivity index (χ1) is 11.3. The van der Waals surface area contributed by atoms with E-state index < -0.39 is 17.7 Å². The Kier molecular flexibility index (Phi) is 5.12. The molecular weight excluding hydrogens is 306 g/mol. The molecule has 0 bridgehead atoms. The van der Waals surface area contributed by atoms with Crippen molar-refractivity contribution >= 4 is 29.0 Å². The predicted octanol–water partition coefficient (Wildman–Crippen LogP) is 4.63. The fourth-order valence-corrected chi connectivity index (χ4v) is 2.39. The summed E-state index contributed by atoms with van der Waals surface area (Å²) in [4.78, 5) is 24.5. The average Bonchev–Trinajstić information content (AvgIpc) is 2.90. The second kappa shape index (κ2) is 6.91. The Bertz CT molecular complexity index is 794. The molecule has 0 spiro atoms. The second-order valence-corrected chi connectivity index (χ2v) is 6.38. The van der Waals surface area contributed by atoms with Crippen molar-refractivity contribution in [1.29, 1.82) is 0 Å². The topological polar surface area (TPSA) is 57.5 Å². The molecule has 5 heteroatoms. The first-order valence-corrected chi connectivity index (χ1v) is 7.95. The van der Waals surface area contributed by atoms with Crippen molar-refractivity contribution in [3.63, 3.8) is 0 Å². The summed E-state index contributed by atoms with van der Waals surface area (Å²) in [7, 11) is 0. The van der Waals surface area contributed by atoms with Gasteiger partial charge >= 0.3 is 12.1 Å². The predicted molar refractivity (Wildman–Crippen MR) is 94.2 cm³/mol. The van der Waals surface area contributed by atoms with Crippen LogP contribution in [0.15, 0.2) is 30.5 Å². The van der Waals surface area contributed by atoms with Gasteiger partial charge in [0.05, 0.1) is 17.7 Å². The Morgan fingerprint density at radius 3 is 2.54 bits per heavy atom. The maximum Gasteiger partial charge on any atom is 0.418 e. The van der Waals surface area contributed by atoms with Crippen molar-refractivity contribution in [3.05, 3.63) is 41.6 Å². The van der Waals surface area contributed by atoms with Crippen molar-refractivity contribution in [3.8, 4) is 0 Å². The molecule has 0 atom stereocenters. The summed E-state index contributed by atoms with van der Waals surface area (Å²) in [5.74, 6) is -0.415. The molecule has 24 heavy (non-hydrogen) atoms. The number of carbonyl (C=O) groups is 2. The molecular formula is C19H23NO4. The van der Waals surface area contributed by atoms with Gasteiger partial charge in [-0.25, -0.2) is 9.59 Å². The lowest BCUT2D eigenvalue weighted by molar-refractivity contribution is 0.0518. The van der Waals surface area contributed by atoms with Crippen molar-refractivity contribution in [1.82, 2.24) is 4.57 Å². The van der Waals surface area contributed by atoms with Crippen molar-refractivity contribution in [2.45, 2.75) is 40.2 Å². The Morgan fingerprint density at radius 1 is 1.25 bits per heavy atom. The molecule has 2 aromatic rings. The van der Waals surface area contributed by atoms with Crippen LogP contribution in [0.5, 0.6) is 0 Å². The Balaban J connectivity index is 2.59. The van der Waals surface area contributed by atoms with E-state index in [1.165, 1.54) is 4.57 Å². The van der Waals surface area contributed by atoms with Crippen LogP contribution in [0.1, 0.15) is 50.5 Å². The lowest BCUT2D eigenvalue weighted by Crippen LogP contribution is -2.26. The third-order valence-corrected chi connectivity index (χ3v) is 3.29. The Morgan fingerprint density at radius 2 is 1.96 bits per heavy atom. The number of esters is 1. The highest BCUT2D eigenvalue weighted by atomic mass is 16.6. The minimum Gasteiger partial charge on any atom is -0.462 e. The number of fused-ring (bicyclic) bond motifs is 1. The monoisotopic (exact) mass is 329 g/mol. The van der Waals surface area contributed by atoms with Crippen LogP contribution >= 0.6 is 0 Å². The molecule has 0 aliphatic heterocycles. The SMILES string of the molecule is C/C=C/c1cc(C(=O)OCC)cc2c1ccn2C(=O)OC(C)(C)C. The van der Waals surface area contributed by atoms with E-state index in [1.54, 1.807) is 25.3 Å². The van der Waals surface area contributed by atoms with Gasteiger partial charge in [-0.2, -0.15) is 0 Å². The minimum atomic E-state index is -0.599. The summed E-state index contributed by atoms with van der Waals surface area (Å²) in [5.41, 5.74) is 1.27. The fourth-order valence-electron chi connectivity index (χ4n) is 2.39. The molecule has 0 radical (unpaired) electrons. The van der Waals surface area contributed by atoms with E-state index in [-0.39, 0.29) is 0 Å². The summed E-state index contributed by atoms with van der Waals surface area (Å²) < 4.78 is 11.9. The van der Waals surface area contributed by atoms with Gasteiger partial charge in [-0.3, -0.25) is 4.57 Å². The molecule has 0 amide bonds. The third kappa shape index (κ3) is 3.85. The van der Waals surface area contributed by atoms with Crippen LogP contribution in [0.3, 0.4) is 0 Å². The zero-order valence-corrected chi connectivity index (χ0v) is 14.8. The molecule has 1 heterocycles. The van der Waals surface area contributed by atoms with Gasteiger partial charge in [0.15, 0.2) is 0 Å². The van der Waals surface area contributed by atoms with Gasteiger partial charge in [-0.15, -0.1) is 0 Å². The smallest absolute Gasteiger partial charge is 0.418 e. The second-order valence-electron chi connectivity index (χ2n) is 6.38. The standard InChI is InChI=1S/C19H23NO4/c1-6-8-13-11-14(17(21)23-7-2)12-16-15(13)9-10-20(16)18(22)24-19(3,4)5/h6,8-12H,7H2,1-5H3/b8-6+. The molecule has 1 aromatic carbocycles. The van der Waals surface area contributed by atoms with E-state index in [1.807, 2.05) is 45.9 Å². The summed E-state index contributed by atoms with van der Waals surface area (Å²) in [6.07, 6.45) is 4.95. The molecule has 128 valence electrons. The quantitative estimate of drug-likeness (QED) is 0.770. The van der Waals surface area contributed by atoms with Crippen LogP contribution in [0, 0.1) is 0 Å². The number of nitrogens with zero attached hydrogens (tertiary/aromatic N) is 1.